The van der Waals surface area contributed by atoms with E-state index in [0.717, 1.165) is 0 Å². The second-order valence-electron chi connectivity index (χ2n) is 1.28. The molecule has 0 amide bonds. The first-order chi connectivity index (χ1) is 4.54. The summed E-state index contributed by atoms with van der Waals surface area (Å²) < 4.78 is 33.9. The fourth-order valence-corrected chi connectivity index (χ4v) is 0.207. The van der Waals surface area contributed by atoms with Crippen LogP contribution in [0.15, 0.2) is 24.1 Å². The molecule has 2 nitrogen and oxygen atoms in total. The minimum absolute atomic E-state index is 0.178. The number of allylic oxidation sites excluding steroid dienone is 2. The molecule has 0 rings (SSSR count). The van der Waals surface area contributed by atoms with E-state index in [9.17, 15) is 18.0 Å². The van der Waals surface area contributed by atoms with Crippen LogP contribution in [0.25, 0.3) is 0 Å². The summed E-state index contributed by atoms with van der Waals surface area (Å²) in [4.78, 5) is 9.61. The molecular weight excluding hydrogens is 149 g/mol. The van der Waals surface area contributed by atoms with Crippen molar-refractivity contribution in [1.29, 1.82) is 0 Å². The van der Waals surface area contributed by atoms with Crippen LogP contribution >= 0.6 is 0 Å². The smallest absolute Gasteiger partial charge is 0.328 e. The van der Waals surface area contributed by atoms with Crippen LogP contribution in [0.5, 0.6) is 0 Å². The summed E-state index contributed by atoms with van der Waals surface area (Å²) in [5.74, 6) is -3.31. The molecule has 1 N–H and O–H groups in total. The van der Waals surface area contributed by atoms with Gasteiger partial charge in [-0.3, -0.25) is 0 Å². The molecule has 10 heavy (non-hydrogen) atoms. The quantitative estimate of drug-likeness (QED) is 0.483. The molecule has 0 unspecified atom stereocenters. The van der Waals surface area contributed by atoms with Crippen LogP contribution in [0.1, 0.15) is 0 Å². The van der Waals surface area contributed by atoms with Gasteiger partial charge in [0.15, 0.2) is 5.83 Å². The number of carboxylic acids is 1. The fourth-order valence-electron chi connectivity index (χ4n) is 0.207. The zero-order valence-electron chi connectivity index (χ0n) is 4.64. The zero-order valence-corrected chi connectivity index (χ0v) is 4.64. The molecule has 0 fully saturated rings. The van der Waals surface area contributed by atoms with E-state index in [1.54, 1.807) is 0 Å². The molecule has 0 aliphatic heterocycles. The molecular formula is C5H3F3O2. The lowest BCUT2D eigenvalue weighted by Crippen LogP contribution is -1.85. The number of carboxylic acid groups (broad SMARTS) is 1. The second kappa shape index (κ2) is 3.71. The summed E-state index contributed by atoms with van der Waals surface area (Å²) >= 11 is 0. The summed E-state index contributed by atoms with van der Waals surface area (Å²) in [6.45, 7) is 0. The van der Waals surface area contributed by atoms with Crippen molar-refractivity contribution >= 4 is 5.97 Å². The number of rotatable bonds is 2. The summed E-state index contributed by atoms with van der Waals surface area (Å²) in [6.07, 6.45) is -2.07. The largest absolute Gasteiger partial charge is 0.478 e. The Morgan fingerprint density at radius 1 is 1.20 bits per heavy atom. The third-order valence-electron chi connectivity index (χ3n) is 0.553. The third kappa shape index (κ3) is 3.71. The lowest BCUT2D eigenvalue weighted by atomic mass is 10.4. The highest BCUT2D eigenvalue weighted by molar-refractivity contribution is 5.80. The van der Waals surface area contributed by atoms with Crippen LogP contribution in [0.2, 0.25) is 0 Å². The van der Waals surface area contributed by atoms with Gasteiger partial charge in [0.05, 0.1) is 0 Å². The van der Waals surface area contributed by atoms with Crippen molar-refractivity contribution in [2.24, 2.45) is 0 Å². The highest BCUT2D eigenvalue weighted by atomic mass is 19.3. The maximum atomic E-state index is 11.7. The highest BCUT2D eigenvalue weighted by Gasteiger charge is 1.99. The van der Waals surface area contributed by atoms with Gasteiger partial charge in [0, 0.05) is 6.08 Å². The van der Waals surface area contributed by atoms with E-state index in [-0.39, 0.29) is 12.2 Å². The molecule has 0 heterocycles. The van der Waals surface area contributed by atoms with Crippen LogP contribution < -0.4 is 0 Å². The van der Waals surface area contributed by atoms with Crippen molar-refractivity contribution in [1.82, 2.24) is 0 Å². The normalized spacial score (nSPS) is 9.90. The SMILES string of the molecule is O=C(O)C=CC(F)=C(F)F. The summed E-state index contributed by atoms with van der Waals surface area (Å²) in [6, 6.07) is 0. The van der Waals surface area contributed by atoms with Crippen LogP contribution in [0.3, 0.4) is 0 Å². The molecule has 0 saturated heterocycles. The standard InChI is InChI=1S/C5H3F3O2/c6-3(5(7)8)1-2-4(9)10/h1-2H,(H,9,10). The van der Waals surface area contributed by atoms with Crippen LogP contribution in [0, 0.1) is 0 Å². The van der Waals surface area contributed by atoms with Gasteiger partial charge in [-0.1, -0.05) is 0 Å². The molecule has 0 aromatic rings. The summed E-state index contributed by atoms with van der Waals surface area (Å²) in [7, 11) is 0. The Morgan fingerprint density at radius 3 is 2.00 bits per heavy atom. The molecule has 0 radical (unpaired) electrons. The molecule has 56 valence electrons. The van der Waals surface area contributed by atoms with Crippen LogP contribution in [-0.4, -0.2) is 11.1 Å². The molecule has 0 aromatic heterocycles. The molecule has 5 heteroatoms. The monoisotopic (exact) mass is 152 g/mol. The average Bonchev–Trinajstić information content (AvgIpc) is 1.82. The minimum Gasteiger partial charge on any atom is -0.478 e. The Balaban J connectivity index is 4.16. The Hall–Kier alpha value is -1.26. The Kier molecular flexibility index (Phi) is 3.24. The van der Waals surface area contributed by atoms with Crippen LogP contribution in [0.4, 0.5) is 13.2 Å². The van der Waals surface area contributed by atoms with Gasteiger partial charge in [0.2, 0.25) is 0 Å². The molecule has 0 atom stereocenters. The van der Waals surface area contributed by atoms with E-state index in [2.05, 4.69) is 0 Å². The first-order valence-corrected chi connectivity index (χ1v) is 2.16. The van der Waals surface area contributed by atoms with Crippen molar-refractivity contribution in [3.63, 3.8) is 0 Å². The van der Waals surface area contributed by atoms with Crippen molar-refractivity contribution < 1.29 is 23.1 Å². The first-order valence-electron chi connectivity index (χ1n) is 2.16. The van der Waals surface area contributed by atoms with Crippen LogP contribution in [-0.2, 0) is 4.79 Å². The Morgan fingerprint density at radius 2 is 1.70 bits per heavy atom. The number of hydrogen-bond donors (Lipinski definition) is 1. The van der Waals surface area contributed by atoms with Gasteiger partial charge in [-0.05, 0) is 6.08 Å². The predicted octanol–water partition coefficient (Wildman–Crippen LogP) is 1.70. The van der Waals surface area contributed by atoms with Crippen molar-refractivity contribution in [2.75, 3.05) is 0 Å². The first kappa shape index (κ1) is 8.74. The van der Waals surface area contributed by atoms with Crippen molar-refractivity contribution in [3.05, 3.63) is 24.1 Å². The molecule has 0 spiro atoms. The molecule has 0 saturated carbocycles. The molecule has 0 aliphatic carbocycles. The van der Waals surface area contributed by atoms with E-state index in [1.165, 1.54) is 0 Å². The number of aliphatic carboxylic acids is 1. The Labute approximate surface area is 54.3 Å². The van der Waals surface area contributed by atoms with E-state index < -0.39 is 17.9 Å². The Bertz CT molecular complexity index is 191. The van der Waals surface area contributed by atoms with E-state index in [4.69, 9.17) is 5.11 Å². The molecule has 0 aromatic carbocycles. The number of halogens is 3. The zero-order chi connectivity index (χ0) is 8.15. The molecule has 0 aliphatic rings. The number of hydrogen-bond acceptors (Lipinski definition) is 1. The highest BCUT2D eigenvalue weighted by Crippen LogP contribution is 2.09. The van der Waals surface area contributed by atoms with E-state index >= 15 is 0 Å². The van der Waals surface area contributed by atoms with Gasteiger partial charge in [-0.15, -0.1) is 0 Å². The van der Waals surface area contributed by atoms with Gasteiger partial charge in [-0.25, -0.2) is 9.18 Å². The van der Waals surface area contributed by atoms with Gasteiger partial charge in [-0.2, -0.15) is 8.78 Å². The van der Waals surface area contributed by atoms with Crippen molar-refractivity contribution in [3.8, 4) is 0 Å². The van der Waals surface area contributed by atoms with Gasteiger partial charge < -0.3 is 5.11 Å². The maximum Gasteiger partial charge on any atom is 0.328 e. The minimum atomic E-state index is -2.53. The topological polar surface area (TPSA) is 37.3 Å². The predicted molar refractivity (Wildman–Crippen MR) is 27.1 cm³/mol. The summed E-state index contributed by atoms with van der Waals surface area (Å²) in [5, 5.41) is 7.82. The van der Waals surface area contributed by atoms with Gasteiger partial charge in [0.1, 0.15) is 0 Å². The molecule has 0 bridgehead atoms. The maximum absolute atomic E-state index is 11.7. The van der Waals surface area contributed by atoms with Crippen molar-refractivity contribution in [2.45, 2.75) is 0 Å². The third-order valence-corrected chi connectivity index (χ3v) is 0.553. The lowest BCUT2D eigenvalue weighted by molar-refractivity contribution is -0.131. The van der Waals surface area contributed by atoms with Gasteiger partial charge >= 0.3 is 12.0 Å². The fraction of sp³-hybridized carbons (Fsp3) is 0. The van der Waals surface area contributed by atoms with E-state index in [1.807, 2.05) is 0 Å². The summed E-state index contributed by atoms with van der Waals surface area (Å²) in [5.41, 5.74) is 0. The lowest BCUT2D eigenvalue weighted by Gasteiger charge is -1.81. The average molecular weight is 152 g/mol. The van der Waals surface area contributed by atoms with Gasteiger partial charge in [0.25, 0.3) is 0 Å². The van der Waals surface area contributed by atoms with E-state index in [0.29, 0.717) is 0 Å². The number of carbonyl (C=O) groups is 1. The second-order valence-corrected chi connectivity index (χ2v) is 1.28.